The van der Waals surface area contributed by atoms with Gasteiger partial charge in [0.05, 0.1) is 25.6 Å². The van der Waals surface area contributed by atoms with Crippen LogP contribution in [0.25, 0.3) is 28.0 Å². The summed E-state index contributed by atoms with van der Waals surface area (Å²) in [6, 6.07) is 11.7. The van der Waals surface area contributed by atoms with E-state index in [4.69, 9.17) is 15.5 Å². The first kappa shape index (κ1) is 24.3. The van der Waals surface area contributed by atoms with Crippen molar-refractivity contribution in [1.29, 1.82) is 0 Å². The lowest BCUT2D eigenvalue weighted by atomic mass is 9.87. The number of methoxy groups -OCH3 is 1. The number of aliphatic hydroxyl groups is 2. The number of pyridine rings is 1. The van der Waals surface area contributed by atoms with Crippen LogP contribution in [0.15, 0.2) is 48.8 Å². The number of carbonyl (C=O) groups is 1. The number of fused-ring (bicyclic) bond motifs is 3. The molecule has 2 aliphatic rings. The van der Waals surface area contributed by atoms with Crippen molar-refractivity contribution in [2.45, 2.75) is 50.3 Å². The minimum absolute atomic E-state index is 0.120. The third kappa shape index (κ3) is 4.06. The molecule has 3 aromatic heterocycles. The normalized spacial score (nSPS) is 20.7. The zero-order valence-electron chi connectivity index (χ0n) is 21.1. The van der Waals surface area contributed by atoms with E-state index in [1.807, 2.05) is 41.3 Å². The fraction of sp³-hybridized carbons (Fsp3) is 0.357. The Morgan fingerprint density at radius 3 is 2.50 bits per heavy atom. The van der Waals surface area contributed by atoms with E-state index in [9.17, 15) is 15.0 Å². The summed E-state index contributed by atoms with van der Waals surface area (Å²) in [5, 5.41) is 23.5. The average molecular weight is 515 g/mol. The summed E-state index contributed by atoms with van der Waals surface area (Å²) in [6.07, 6.45) is 7.06. The monoisotopic (exact) mass is 514 g/mol. The summed E-state index contributed by atoms with van der Waals surface area (Å²) < 4.78 is 6.94. The highest BCUT2D eigenvalue weighted by atomic mass is 16.5. The van der Waals surface area contributed by atoms with E-state index in [0.29, 0.717) is 22.8 Å². The summed E-state index contributed by atoms with van der Waals surface area (Å²) in [7, 11) is 1.58. The highest BCUT2D eigenvalue weighted by molar-refractivity contribution is 5.79. The minimum Gasteiger partial charge on any atom is -0.496 e. The lowest BCUT2D eigenvalue weighted by Gasteiger charge is -2.38. The van der Waals surface area contributed by atoms with Crippen molar-refractivity contribution in [3.05, 3.63) is 60.0 Å². The van der Waals surface area contributed by atoms with Crippen LogP contribution in [-0.4, -0.2) is 66.4 Å². The fourth-order valence-corrected chi connectivity index (χ4v) is 6.11. The third-order valence-electron chi connectivity index (χ3n) is 7.91. The van der Waals surface area contributed by atoms with E-state index in [2.05, 4.69) is 10.1 Å². The van der Waals surface area contributed by atoms with Crippen LogP contribution in [0.1, 0.15) is 42.9 Å². The Labute approximate surface area is 219 Å². The van der Waals surface area contributed by atoms with Crippen LogP contribution in [0.5, 0.6) is 5.75 Å². The smallest absolute Gasteiger partial charge is 0.248 e. The highest BCUT2D eigenvalue weighted by Gasteiger charge is 2.43. The van der Waals surface area contributed by atoms with Crippen molar-refractivity contribution in [2.24, 2.45) is 0 Å². The number of anilines is 1. The van der Waals surface area contributed by atoms with E-state index in [0.717, 1.165) is 53.8 Å². The zero-order chi connectivity index (χ0) is 26.4. The molecule has 1 unspecified atom stereocenters. The molecule has 0 aliphatic carbocycles. The van der Waals surface area contributed by atoms with Crippen LogP contribution in [0.3, 0.4) is 0 Å². The van der Waals surface area contributed by atoms with Crippen molar-refractivity contribution in [3.8, 4) is 28.1 Å². The van der Waals surface area contributed by atoms with Gasteiger partial charge in [0.15, 0.2) is 5.65 Å². The average Bonchev–Trinajstić information content (AvgIpc) is 3.50. The van der Waals surface area contributed by atoms with Crippen LogP contribution in [0.2, 0.25) is 0 Å². The van der Waals surface area contributed by atoms with Crippen LogP contribution in [0.4, 0.5) is 5.82 Å². The second kappa shape index (κ2) is 9.70. The van der Waals surface area contributed by atoms with E-state index < -0.39 is 6.61 Å². The van der Waals surface area contributed by atoms with Gasteiger partial charge < -0.3 is 25.6 Å². The van der Waals surface area contributed by atoms with E-state index in [-0.39, 0.29) is 30.5 Å². The van der Waals surface area contributed by atoms with E-state index in [1.165, 1.54) is 0 Å². The maximum Gasteiger partial charge on any atom is 0.248 e. The van der Waals surface area contributed by atoms with Crippen molar-refractivity contribution in [3.63, 3.8) is 0 Å². The van der Waals surface area contributed by atoms with Crippen LogP contribution >= 0.6 is 0 Å². The molecule has 3 atom stereocenters. The second-order valence-electron chi connectivity index (χ2n) is 10.0. The quantitative estimate of drug-likeness (QED) is 0.357. The first-order valence-electron chi connectivity index (χ1n) is 12.8. The molecule has 38 heavy (non-hydrogen) atoms. The molecule has 2 aliphatic heterocycles. The van der Waals surface area contributed by atoms with Gasteiger partial charge in [-0.3, -0.25) is 9.78 Å². The maximum atomic E-state index is 12.2. The summed E-state index contributed by atoms with van der Waals surface area (Å²) in [5.74, 6) is 1.14. The molecule has 196 valence electrons. The highest BCUT2D eigenvalue weighted by Crippen LogP contribution is 2.43. The zero-order valence-corrected chi connectivity index (χ0v) is 21.1. The molecule has 0 spiro atoms. The number of carbonyl (C=O) groups excluding carboxylic acids is 1. The number of aromatic nitrogens is 4. The van der Waals surface area contributed by atoms with Gasteiger partial charge in [-0.1, -0.05) is 6.07 Å². The second-order valence-corrected chi connectivity index (χ2v) is 10.0. The Morgan fingerprint density at radius 1 is 1.08 bits per heavy atom. The molecule has 0 saturated carbocycles. The van der Waals surface area contributed by atoms with Gasteiger partial charge in [0.25, 0.3) is 0 Å². The molecular weight excluding hydrogens is 484 g/mol. The lowest BCUT2D eigenvalue weighted by Crippen LogP contribution is -2.47. The Bertz CT molecular complexity index is 1490. The molecular formula is C28H30N6O4. The number of nitrogens with zero attached hydrogens (tertiary/aromatic N) is 5. The van der Waals surface area contributed by atoms with Crippen molar-refractivity contribution in [1.82, 2.24) is 24.5 Å². The molecule has 2 bridgehead atoms. The summed E-state index contributed by atoms with van der Waals surface area (Å²) in [6.45, 7) is -0.562. The first-order valence-corrected chi connectivity index (χ1v) is 12.8. The number of hydrogen-bond donors (Lipinski definition) is 3. The lowest BCUT2D eigenvalue weighted by molar-refractivity contribution is -0.138. The Balaban J connectivity index is 1.30. The fourth-order valence-electron chi connectivity index (χ4n) is 6.11. The van der Waals surface area contributed by atoms with Crippen molar-refractivity contribution >= 4 is 17.4 Å². The van der Waals surface area contributed by atoms with E-state index >= 15 is 0 Å². The van der Waals surface area contributed by atoms with Gasteiger partial charge in [-0.25, -0.2) is 4.98 Å². The first-order chi connectivity index (χ1) is 18.5. The van der Waals surface area contributed by atoms with Gasteiger partial charge in [-0.15, -0.1) is 0 Å². The van der Waals surface area contributed by atoms with Crippen LogP contribution in [-0.2, 0) is 11.4 Å². The van der Waals surface area contributed by atoms with Crippen LogP contribution in [0, 0.1) is 0 Å². The molecule has 2 fully saturated rings. The van der Waals surface area contributed by atoms with Crippen molar-refractivity contribution < 1.29 is 19.7 Å². The predicted molar refractivity (Wildman–Crippen MR) is 141 cm³/mol. The maximum absolute atomic E-state index is 12.2. The van der Waals surface area contributed by atoms with Gasteiger partial charge in [0.2, 0.25) is 5.91 Å². The predicted octanol–water partition coefficient (Wildman–Crippen LogP) is 2.77. The summed E-state index contributed by atoms with van der Waals surface area (Å²) in [5.41, 5.74) is 12.0. The molecule has 1 aromatic carbocycles. The van der Waals surface area contributed by atoms with Crippen LogP contribution < -0.4 is 10.5 Å². The number of ether oxygens (including phenoxy) is 1. The number of benzene rings is 1. The number of nitrogens with two attached hydrogens (primary N) is 1. The number of piperidine rings is 1. The minimum atomic E-state index is -0.443. The molecule has 2 saturated heterocycles. The molecule has 10 nitrogen and oxygen atoms in total. The number of aliphatic hydroxyl groups excluding tert-OH is 2. The number of nitrogen functional groups attached to an aromatic ring is 1. The van der Waals surface area contributed by atoms with Gasteiger partial charge in [0.1, 0.15) is 18.2 Å². The molecule has 5 heterocycles. The molecule has 6 rings (SSSR count). The Hall–Kier alpha value is -4.02. The van der Waals surface area contributed by atoms with Crippen molar-refractivity contribution in [2.75, 3.05) is 19.5 Å². The molecule has 0 radical (unpaired) electrons. The SMILES string of the molecule is COc1ccc(-c2ccc(-c3cnn4c(N)cc(C5C[C@H]6CC[C@@H](C5)N6C(=O)CO)nc34)cn2)cc1CO. The Kier molecular flexibility index (Phi) is 6.21. The number of hydrogen-bond acceptors (Lipinski definition) is 8. The van der Waals surface area contributed by atoms with Gasteiger partial charge in [-0.2, -0.15) is 9.61 Å². The molecule has 4 N–H and O–H groups in total. The third-order valence-corrected chi connectivity index (χ3v) is 7.91. The number of rotatable bonds is 6. The molecule has 1 amide bonds. The molecule has 10 heteroatoms. The van der Waals surface area contributed by atoms with E-state index in [1.54, 1.807) is 24.0 Å². The topological polar surface area (TPSA) is 139 Å². The summed E-state index contributed by atoms with van der Waals surface area (Å²) in [4.78, 5) is 23.8. The Morgan fingerprint density at radius 2 is 1.84 bits per heavy atom. The van der Waals surface area contributed by atoms with Gasteiger partial charge in [-0.05, 0) is 49.9 Å². The number of amides is 1. The standard InChI is InChI=1S/C28H30N6O4/c1-38-25-7-3-16(8-19(25)14-35)23-6-2-17(12-30-23)22-13-31-34-26(29)11-24(32-28(22)34)18-9-20-4-5-21(10-18)33(20)27(37)15-36/h2-3,6-8,11-13,18,20-21,35-36H,4-5,9-10,14-15,29H2,1H3/t18?,20-,21+. The van der Waals surface area contributed by atoms with Gasteiger partial charge in [0, 0.05) is 58.2 Å². The van der Waals surface area contributed by atoms with Gasteiger partial charge >= 0.3 is 0 Å². The largest absolute Gasteiger partial charge is 0.496 e. The summed E-state index contributed by atoms with van der Waals surface area (Å²) >= 11 is 0. The molecule has 4 aromatic rings.